The van der Waals surface area contributed by atoms with Crippen LogP contribution in [-0.2, 0) is 5.72 Å². The van der Waals surface area contributed by atoms with Gasteiger partial charge in [0.2, 0.25) is 5.95 Å². The number of nitrogens with one attached hydrogen (secondary N) is 2. The summed E-state index contributed by atoms with van der Waals surface area (Å²) in [5.74, 6) is -0.241. The summed E-state index contributed by atoms with van der Waals surface area (Å²) in [6.45, 7) is 3.79. The molecular weight excluding hydrogens is 456 g/mol. The number of carbonyl (C=O) groups excluding carboxylic acids is 1. The summed E-state index contributed by atoms with van der Waals surface area (Å²) in [7, 11) is 0. The van der Waals surface area contributed by atoms with Gasteiger partial charge in [-0.2, -0.15) is 0 Å². The molecule has 34 heavy (non-hydrogen) atoms. The Hall–Kier alpha value is -3.88. The van der Waals surface area contributed by atoms with Crippen LogP contribution in [-0.4, -0.2) is 37.1 Å². The number of aryl methyl sites for hydroxylation is 1. The first-order chi connectivity index (χ1) is 16.2. The van der Waals surface area contributed by atoms with Gasteiger partial charge in [0.15, 0.2) is 5.72 Å². The predicted molar refractivity (Wildman–Crippen MR) is 128 cm³/mol. The first-order valence-corrected chi connectivity index (χ1v) is 11.0. The molecule has 1 aliphatic heterocycles. The highest BCUT2D eigenvalue weighted by atomic mass is 35.5. The van der Waals surface area contributed by atoms with Crippen LogP contribution < -0.4 is 5.32 Å². The van der Waals surface area contributed by atoms with Crippen molar-refractivity contribution >= 4 is 40.6 Å². The lowest BCUT2D eigenvalue weighted by Gasteiger charge is -2.39. The molecule has 0 fully saturated rings. The molecular formula is C25H21ClN4O4. The van der Waals surface area contributed by atoms with E-state index in [9.17, 15) is 14.7 Å². The summed E-state index contributed by atoms with van der Waals surface area (Å²) in [6.07, 6.45) is -1.25. The van der Waals surface area contributed by atoms with Gasteiger partial charge in [0.25, 0.3) is 5.91 Å². The van der Waals surface area contributed by atoms with Crippen molar-refractivity contribution in [2.24, 2.45) is 0 Å². The Bertz CT molecular complexity index is 1470. The fourth-order valence-corrected chi connectivity index (χ4v) is 4.90. The van der Waals surface area contributed by atoms with Crippen molar-refractivity contribution in [1.82, 2.24) is 14.9 Å². The predicted octanol–water partition coefficient (Wildman–Crippen LogP) is 5.03. The lowest BCUT2D eigenvalue weighted by atomic mass is 9.91. The first kappa shape index (κ1) is 21.9. The maximum atomic E-state index is 13.6. The molecule has 2 atom stereocenters. The number of imidazole rings is 1. The van der Waals surface area contributed by atoms with Crippen LogP contribution in [0.2, 0.25) is 5.02 Å². The number of halogens is 1. The van der Waals surface area contributed by atoms with Crippen LogP contribution in [0.15, 0.2) is 60.7 Å². The van der Waals surface area contributed by atoms with E-state index < -0.39 is 17.9 Å². The van der Waals surface area contributed by atoms with Crippen LogP contribution in [0.5, 0.6) is 0 Å². The molecule has 8 nitrogen and oxygen atoms in total. The molecule has 4 N–H and O–H groups in total. The smallest absolute Gasteiger partial charge is 0.411 e. The minimum atomic E-state index is -1.78. The Balaban J connectivity index is 1.69. The van der Waals surface area contributed by atoms with Gasteiger partial charge in [-0.1, -0.05) is 41.9 Å². The Labute approximate surface area is 199 Å². The van der Waals surface area contributed by atoms with E-state index in [0.717, 1.165) is 11.1 Å². The number of carboxylic acid groups (broad SMARTS) is 1. The fraction of sp³-hybridized carbons (Fsp3) is 0.160. The summed E-state index contributed by atoms with van der Waals surface area (Å²) < 4.78 is 0. The maximum Gasteiger partial charge on any atom is 0.411 e. The largest absolute Gasteiger partial charge is 0.465 e. The van der Waals surface area contributed by atoms with Crippen molar-refractivity contribution in [3.8, 4) is 0 Å². The van der Waals surface area contributed by atoms with Crippen LogP contribution in [0.3, 0.4) is 0 Å². The van der Waals surface area contributed by atoms with Crippen LogP contribution in [0.4, 0.5) is 10.7 Å². The summed E-state index contributed by atoms with van der Waals surface area (Å²) in [5, 5.41) is 24.0. The van der Waals surface area contributed by atoms with Gasteiger partial charge in [-0.05, 0) is 55.3 Å². The van der Waals surface area contributed by atoms with E-state index in [1.165, 1.54) is 4.90 Å². The van der Waals surface area contributed by atoms with E-state index in [0.29, 0.717) is 32.7 Å². The summed E-state index contributed by atoms with van der Waals surface area (Å²) in [4.78, 5) is 33.2. The minimum Gasteiger partial charge on any atom is -0.465 e. The van der Waals surface area contributed by atoms with Gasteiger partial charge < -0.3 is 15.2 Å². The SMILES string of the molecule is Cc1ccc(Cl)cc1C(C)N1C(=O)c2ccccc2C1(O)c1ccc2[nH]c(NC(=O)O)nc2c1. The van der Waals surface area contributed by atoms with Crippen molar-refractivity contribution in [2.75, 3.05) is 5.32 Å². The summed E-state index contributed by atoms with van der Waals surface area (Å²) >= 11 is 6.26. The summed E-state index contributed by atoms with van der Waals surface area (Å²) in [6, 6.07) is 17.0. The van der Waals surface area contributed by atoms with Gasteiger partial charge in [0, 0.05) is 21.7 Å². The molecule has 2 amide bonds. The van der Waals surface area contributed by atoms with E-state index >= 15 is 0 Å². The molecule has 4 aromatic rings. The zero-order chi connectivity index (χ0) is 24.2. The first-order valence-electron chi connectivity index (χ1n) is 10.6. The van der Waals surface area contributed by atoms with Crippen molar-refractivity contribution in [3.05, 3.63) is 93.5 Å². The molecule has 5 rings (SSSR count). The molecule has 0 spiro atoms. The number of rotatable bonds is 4. The number of nitrogens with zero attached hydrogens (tertiary/aromatic N) is 2. The lowest BCUT2D eigenvalue weighted by molar-refractivity contribution is -0.0677. The molecule has 0 aliphatic carbocycles. The molecule has 0 radical (unpaired) electrons. The minimum absolute atomic E-state index is 0.0642. The van der Waals surface area contributed by atoms with Crippen LogP contribution >= 0.6 is 11.6 Å². The molecule has 1 aromatic heterocycles. The number of aliphatic hydroxyl groups is 1. The van der Waals surface area contributed by atoms with E-state index in [-0.39, 0.29) is 11.9 Å². The average Bonchev–Trinajstić information content (AvgIpc) is 3.30. The Morgan fingerprint density at radius 3 is 2.71 bits per heavy atom. The van der Waals surface area contributed by atoms with Gasteiger partial charge in [-0.3, -0.25) is 15.0 Å². The second-order valence-corrected chi connectivity index (χ2v) is 8.75. The number of H-pyrrole nitrogens is 1. The second kappa shape index (κ2) is 7.86. The molecule has 172 valence electrons. The molecule has 9 heteroatoms. The number of amides is 2. The Morgan fingerprint density at radius 2 is 1.94 bits per heavy atom. The van der Waals surface area contributed by atoms with Crippen molar-refractivity contribution < 1.29 is 19.8 Å². The van der Waals surface area contributed by atoms with Crippen LogP contribution in [0.1, 0.15) is 45.6 Å². The number of fused-ring (bicyclic) bond motifs is 2. The number of benzene rings is 3. The van der Waals surface area contributed by atoms with Crippen molar-refractivity contribution in [1.29, 1.82) is 0 Å². The third-order valence-electron chi connectivity index (χ3n) is 6.29. The highest BCUT2D eigenvalue weighted by molar-refractivity contribution is 6.30. The maximum absolute atomic E-state index is 13.6. The number of anilines is 1. The molecule has 2 unspecified atom stereocenters. The number of aromatic amines is 1. The lowest BCUT2D eigenvalue weighted by Crippen LogP contribution is -2.46. The van der Waals surface area contributed by atoms with Crippen LogP contribution in [0, 0.1) is 6.92 Å². The van der Waals surface area contributed by atoms with E-state index in [1.807, 2.05) is 19.9 Å². The van der Waals surface area contributed by atoms with Gasteiger partial charge >= 0.3 is 6.09 Å². The Kier molecular flexibility index (Phi) is 5.07. The average molecular weight is 477 g/mol. The zero-order valence-corrected chi connectivity index (χ0v) is 19.1. The van der Waals surface area contributed by atoms with Gasteiger partial charge in [-0.15, -0.1) is 0 Å². The second-order valence-electron chi connectivity index (χ2n) is 8.32. The molecule has 0 saturated heterocycles. The highest BCUT2D eigenvalue weighted by Gasteiger charge is 2.52. The van der Waals surface area contributed by atoms with Gasteiger partial charge in [-0.25, -0.2) is 9.78 Å². The number of carbonyl (C=O) groups is 2. The fourth-order valence-electron chi connectivity index (χ4n) is 4.71. The van der Waals surface area contributed by atoms with E-state index in [4.69, 9.17) is 16.7 Å². The van der Waals surface area contributed by atoms with E-state index in [1.54, 1.807) is 54.6 Å². The molecule has 1 aliphatic rings. The number of hydrogen-bond donors (Lipinski definition) is 4. The number of hydrogen-bond acceptors (Lipinski definition) is 4. The van der Waals surface area contributed by atoms with Gasteiger partial charge in [0.05, 0.1) is 17.1 Å². The van der Waals surface area contributed by atoms with Crippen LogP contribution in [0.25, 0.3) is 11.0 Å². The molecule has 2 heterocycles. The van der Waals surface area contributed by atoms with Crippen molar-refractivity contribution in [2.45, 2.75) is 25.6 Å². The normalized spacial score (nSPS) is 18.2. The third kappa shape index (κ3) is 3.30. The highest BCUT2D eigenvalue weighted by Crippen LogP contribution is 2.47. The summed E-state index contributed by atoms with van der Waals surface area (Å²) in [5.41, 5.74) is 2.30. The molecule has 3 aromatic carbocycles. The monoisotopic (exact) mass is 476 g/mol. The zero-order valence-electron chi connectivity index (χ0n) is 18.3. The Morgan fingerprint density at radius 1 is 1.18 bits per heavy atom. The topological polar surface area (TPSA) is 119 Å². The van der Waals surface area contributed by atoms with E-state index in [2.05, 4.69) is 15.3 Å². The molecule has 0 saturated carbocycles. The van der Waals surface area contributed by atoms with Gasteiger partial charge in [0.1, 0.15) is 0 Å². The standard InChI is InChI=1S/C25H21ClN4O4/c1-13-7-9-16(26)12-18(13)14(2)30-22(31)17-5-3-4-6-19(17)25(30,34)15-8-10-20-21(11-15)28-23(27-20)29-24(32)33/h3-12,14,34H,1-2H3,(H,32,33)(H2,27,28,29). The quantitative estimate of drug-likeness (QED) is 0.329. The number of aromatic nitrogens is 2. The molecule has 0 bridgehead atoms. The third-order valence-corrected chi connectivity index (χ3v) is 6.53. The van der Waals surface area contributed by atoms with Crippen molar-refractivity contribution in [3.63, 3.8) is 0 Å².